The maximum absolute atomic E-state index is 11.1. The van der Waals surface area contributed by atoms with Gasteiger partial charge in [-0.3, -0.25) is 10.2 Å². The van der Waals surface area contributed by atoms with Crippen molar-refractivity contribution in [2.75, 3.05) is 0 Å². The molecule has 0 fully saturated rings. The average molecular weight is 198 g/mol. The minimum Gasteiger partial charge on any atom is -0.289 e. The third kappa shape index (κ3) is 2.82. The van der Waals surface area contributed by atoms with Crippen LogP contribution < -0.4 is 11.3 Å². The molecule has 1 heterocycles. The minimum atomic E-state index is -0.208. The first-order valence-corrected chi connectivity index (χ1v) is 5.04. The summed E-state index contributed by atoms with van der Waals surface area (Å²) < 4.78 is 0. The number of amides is 1. The number of nitrogens with two attached hydrogens (primary N) is 1. The lowest BCUT2D eigenvalue weighted by Gasteiger charge is -1.99. The van der Waals surface area contributed by atoms with Gasteiger partial charge in [0.2, 0.25) is 0 Å². The molecule has 13 heavy (non-hydrogen) atoms. The van der Waals surface area contributed by atoms with Gasteiger partial charge in [0.25, 0.3) is 5.91 Å². The second-order valence-electron chi connectivity index (χ2n) is 3.34. The number of hydrogen-bond donors (Lipinski definition) is 2. The van der Waals surface area contributed by atoms with Gasteiger partial charge in [0, 0.05) is 4.88 Å². The summed E-state index contributed by atoms with van der Waals surface area (Å²) in [6, 6.07) is 3.79. The van der Waals surface area contributed by atoms with Crippen LogP contribution in [-0.4, -0.2) is 5.91 Å². The highest BCUT2D eigenvalue weighted by Gasteiger charge is 2.07. The average Bonchev–Trinajstić information content (AvgIpc) is 2.50. The van der Waals surface area contributed by atoms with Gasteiger partial charge in [0.15, 0.2) is 0 Å². The number of carbonyl (C=O) groups is 1. The second kappa shape index (κ2) is 4.39. The number of thiophene rings is 1. The van der Waals surface area contributed by atoms with Crippen LogP contribution in [0.2, 0.25) is 0 Å². The van der Waals surface area contributed by atoms with Crippen LogP contribution in [0.4, 0.5) is 0 Å². The molecule has 0 aliphatic heterocycles. The van der Waals surface area contributed by atoms with Crippen LogP contribution in [0.25, 0.3) is 0 Å². The molecule has 0 radical (unpaired) electrons. The number of nitrogen functional groups attached to an aromatic ring is 1. The molecular formula is C9H14N2OS. The fourth-order valence-electron chi connectivity index (χ4n) is 1.08. The topological polar surface area (TPSA) is 55.1 Å². The van der Waals surface area contributed by atoms with E-state index in [1.54, 1.807) is 0 Å². The largest absolute Gasteiger partial charge is 0.289 e. The van der Waals surface area contributed by atoms with E-state index in [-0.39, 0.29) is 5.91 Å². The molecule has 0 aromatic carbocycles. The van der Waals surface area contributed by atoms with Gasteiger partial charge in [-0.05, 0) is 24.5 Å². The van der Waals surface area contributed by atoms with Crippen molar-refractivity contribution in [3.63, 3.8) is 0 Å². The van der Waals surface area contributed by atoms with E-state index in [0.29, 0.717) is 10.8 Å². The summed E-state index contributed by atoms with van der Waals surface area (Å²) in [7, 11) is 0. The fraction of sp³-hybridized carbons (Fsp3) is 0.444. The second-order valence-corrected chi connectivity index (χ2v) is 4.51. The Bertz CT molecular complexity index is 294. The lowest BCUT2D eigenvalue weighted by molar-refractivity contribution is 0.0957. The molecule has 0 spiro atoms. The number of nitrogens with one attached hydrogen (secondary N) is 1. The SMILES string of the molecule is CC(C)Cc1ccc(C(=O)NN)s1. The predicted molar refractivity (Wildman–Crippen MR) is 54.5 cm³/mol. The zero-order valence-corrected chi connectivity index (χ0v) is 8.65. The summed E-state index contributed by atoms with van der Waals surface area (Å²) in [5.41, 5.74) is 2.12. The summed E-state index contributed by atoms with van der Waals surface area (Å²) in [5, 5.41) is 0. The molecule has 0 bridgehead atoms. The van der Waals surface area contributed by atoms with Crippen molar-refractivity contribution in [3.05, 3.63) is 21.9 Å². The van der Waals surface area contributed by atoms with Crippen LogP contribution in [0.15, 0.2) is 12.1 Å². The Labute approximate surface area is 81.9 Å². The molecule has 4 heteroatoms. The third-order valence-corrected chi connectivity index (χ3v) is 2.73. The van der Waals surface area contributed by atoms with E-state index >= 15 is 0 Å². The quantitative estimate of drug-likeness (QED) is 0.440. The Kier molecular flexibility index (Phi) is 3.45. The first-order chi connectivity index (χ1) is 6.13. The molecule has 0 saturated carbocycles. The molecule has 3 nitrogen and oxygen atoms in total. The maximum atomic E-state index is 11.1. The normalized spacial score (nSPS) is 10.5. The molecular weight excluding hydrogens is 184 g/mol. The summed E-state index contributed by atoms with van der Waals surface area (Å²) in [4.78, 5) is 13.0. The van der Waals surface area contributed by atoms with Crippen LogP contribution in [0.1, 0.15) is 28.4 Å². The Hall–Kier alpha value is -0.870. The van der Waals surface area contributed by atoms with Gasteiger partial charge in [0.1, 0.15) is 0 Å². The van der Waals surface area contributed by atoms with E-state index in [1.165, 1.54) is 16.2 Å². The molecule has 1 aromatic heterocycles. The molecule has 72 valence electrons. The van der Waals surface area contributed by atoms with E-state index in [9.17, 15) is 4.79 Å². The molecule has 3 N–H and O–H groups in total. The lowest BCUT2D eigenvalue weighted by Crippen LogP contribution is -2.29. The van der Waals surface area contributed by atoms with Gasteiger partial charge in [-0.1, -0.05) is 13.8 Å². The molecule has 1 rings (SSSR count). The van der Waals surface area contributed by atoms with E-state index in [2.05, 4.69) is 19.3 Å². The molecule has 0 atom stereocenters. The number of hydrazine groups is 1. The van der Waals surface area contributed by atoms with Crippen LogP contribution in [0, 0.1) is 5.92 Å². The fourth-order valence-corrected chi connectivity index (χ4v) is 2.21. The van der Waals surface area contributed by atoms with Crippen molar-refractivity contribution in [2.24, 2.45) is 11.8 Å². The smallest absolute Gasteiger partial charge is 0.275 e. The Morgan fingerprint density at radius 2 is 2.31 bits per heavy atom. The Morgan fingerprint density at radius 3 is 2.85 bits per heavy atom. The molecule has 0 saturated heterocycles. The first kappa shape index (κ1) is 10.2. The summed E-state index contributed by atoms with van der Waals surface area (Å²) in [5.74, 6) is 5.43. The zero-order chi connectivity index (χ0) is 9.84. The van der Waals surface area contributed by atoms with Crippen molar-refractivity contribution in [2.45, 2.75) is 20.3 Å². The molecule has 0 aliphatic rings. The Balaban J connectivity index is 2.69. The van der Waals surface area contributed by atoms with Crippen LogP contribution >= 0.6 is 11.3 Å². The van der Waals surface area contributed by atoms with Crippen molar-refractivity contribution in [1.82, 2.24) is 5.43 Å². The highest BCUT2D eigenvalue weighted by atomic mass is 32.1. The maximum Gasteiger partial charge on any atom is 0.275 e. The van der Waals surface area contributed by atoms with E-state index in [1.807, 2.05) is 12.1 Å². The van der Waals surface area contributed by atoms with E-state index in [0.717, 1.165) is 6.42 Å². The predicted octanol–water partition coefficient (Wildman–Crippen LogP) is 1.55. The van der Waals surface area contributed by atoms with E-state index in [4.69, 9.17) is 5.84 Å². The van der Waals surface area contributed by atoms with Crippen molar-refractivity contribution in [1.29, 1.82) is 0 Å². The van der Waals surface area contributed by atoms with Crippen molar-refractivity contribution < 1.29 is 4.79 Å². The number of hydrogen-bond acceptors (Lipinski definition) is 3. The van der Waals surface area contributed by atoms with Crippen LogP contribution in [0.5, 0.6) is 0 Å². The number of rotatable bonds is 3. The number of carbonyl (C=O) groups excluding carboxylic acids is 1. The van der Waals surface area contributed by atoms with Gasteiger partial charge in [-0.2, -0.15) is 0 Å². The van der Waals surface area contributed by atoms with Crippen molar-refractivity contribution in [3.8, 4) is 0 Å². The van der Waals surface area contributed by atoms with Crippen LogP contribution in [-0.2, 0) is 6.42 Å². The zero-order valence-electron chi connectivity index (χ0n) is 7.83. The van der Waals surface area contributed by atoms with Crippen molar-refractivity contribution >= 4 is 17.2 Å². The van der Waals surface area contributed by atoms with Gasteiger partial charge in [0.05, 0.1) is 4.88 Å². The van der Waals surface area contributed by atoms with Gasteiger partial charge < -0.3 is 0 Å². The molecule has 1 amide bonds. The van der Waals surface area contributed by atoms with E-state index < -0.39 is 0 Å². The van der Waals surface area contributed by atoms with Gasteiger partial charge in [-0.25, -0.2) is 5.84 Å². The minimum absolute atomic E-state index is 0.208. The first-order valence-electron chi connectivity index (χ1n) is 4.23. The molecule has 1 aromatic rings. The summed E-state index contributed by atoms with van der Waals surface area (Å²) in [6.45, 7) is 4.31. The van der Waals surface area contributed by atoms with Crippen LogP contribution in [0.3, 0.4) is 0 Å². The molecule has 0 aliphatic carbocycles. The standard InChI is InChI=1S/C9H14N2OS/c1-6(2)5-7-3-4-8(13-7)9(12)11-10/h3-4,6H,5,10H2,1-2H3,(H,11,12). The summed E-state index contributed by atoms with van der Waals surface area (Å²) >= 11 is 1.50. The lowest BCUT2D eigenvalue weighted by atomic mass is 10.1. The summed E-state index contributed by atoms with van der Waals surface area (Å²) in [6.07, 6.45) is 1.02. The van der Waals surface area contributed by atoms with Gasteiger partial charge in [-0.15, -0.1) is 11.3 Å². The Morgan fingerprint density at radius 1 is 1.62 bits per heavy atom. The molecule has 0 unspecified atom stereocenters. The highest BCUT2D eigenvalue weighted by molar-refractivity contribution is 7.14. The highest BCUT2D eigenvalue weighted by Crippen LogP contribution is 2.19. The monoisotopic (exact) mass is 198 g/mol. The third-order valence-electron chi connectivity index (χ3n) is 1.63. The van der Waals surface area contributed by atoms with Gasteiger partial charge >= 0.3 is 0 Å².